The van der Waals surface area contributed by atoms with E-state index >= 15 is 0 Å². The van der Waals surface area contributed by atoms with Gasteiger partial charge in [0.1, 0.15) is 18.5 Å². The minimum Gasteiger partial charge on any atom is -0.491 e. The third-order valence-corrected chi connectivity index (χ3v) is 6.08. The summed E-state index contributed by atoms with van der Waals surface area (Å²) in [5, 5.41) is 19.4. The molecular formula is C24H33N4O2+. The second kappa shape index (κ2) is 9.49. The molecule has 1 aliphatic heterocycles. The zero-order valence-electron chi connectivity index (χ0n) is 17.8. The maximum Gasteiger partial charge on any atom is 0.203 e. The predicted molar refractivity (Wildman–Crippen MR) is 118 cm³/mol. The summed E-state index contributed by atoms with van der Waals surface area (Å²) in [7, 11) is 0. The Bertz CT molecular complexity index is 1020. The van der Waals surface area contributed by atoms with Crippen molar-refractivity contribution < 1.29 is 14.7 Å². The number of rotatable bonds is 8. The Balaban J connectivity index is 1.47. The van der Waals surface area contributed by atoms with Crippen molar-refractivity contribution in [3.63, 3.8) is 0 Å². The van der Waals surface area contributed by atoms with Crippen molar-refractivity contribution in [3.05, 3.63) is 59.7 Å². The number of benzene rings is 2. The maximum absolute atomic E-state index is 10.6. The topological polar surface area (TPSA) is 67.6 Å². The van der Waals surface area contributed by atoms with Crippen molar-refractivity contribution in [1.82, 2.24) is 9.13 Å². The first-order valence-corrected chi connectivity index (χ1v) is 11.1. The Morgan fingerprint density at radius 1 is 1.00 bits per heavy atom. The van der Waals surface area contributed by atoms with Crippen LogP contribution in [0.1, 0.15) is 24.8 Å². The lowest BCUT2D eigenvalue weighted by Crippen LogP contribution is -3.13. The van der Waals surface area contributed by atoms with E-state index in [1.165, 1.54) is 37.9 Å². The molecule has 2 aromatic carbocycles. The minimum atomic E-state index is -0.688. The highest BCUT2D eigenvalue weighted by molar-refractivity contribution is 5.75. The molecule has 1 aromatic heterocycles. The van der Waals surface area contributed by atoms with Gasteiger partial charge in [-0.25, -0.2) is 0 Å². The van der Waals surface area contributed by atoms with Crippen LogP contribution < -0.4 is 15.3 Å². The molecule has 1 atom stereocenters. The van der Waals surface area contributed by atoms with E-state index in [1.807, 2.05) is 54.0 Å². The van der Waals surface area contributed by atoms with Gasteiger partial charge in [-0.1, -0.05) is 29.8 Å². The Labute approximate surface area is 177 Å². The summed E-state index contributed by atoms with van der Waals surface area (Å²) >= 11 is 0. The van der Waals surface area contributed by atoms with Crippen LogP contribution >= 0.6 is 0 Å². The second-order valence-corrected chi connectivity index (χ2v) is 8.41. The number of aromatic nitrogens is 2. The summed E-state index contributed by atoms with van der Waals surface area (Å²) in [6, 6.07) is 15.9. The number of aryl methyl sites for hydroxylation is 1. The molecule has 1 aliphatic rings. The molecule has 160 valence electrons. The SMILES string of the molecule is Cc1ccc(OCC(O)Cn2c(=N)n(CC[NH+]3CCCCC3)c3ccccc32)cc1. The number of quaternary nitrogens is 1. The van der Waals surface area contributed by atoms with Gasteiger partial charge in [0.25, 0.3) is 0 Å². The van der Waals surface area contributed by atoms with Gasteiger partial charge in [0.05, 0.1) is 43.8 Å². The zero-order valence-corrected chi connectivity index (χ0v) is 17.8. The van der Waals surface area contributed by atoms with Crippen LogP contribution in [0, 0.1) is 12.3 Å². The Hall–Kier alpha value is -2.57. The Morgan fingerprint density at radius 2 is 1.67 bits per heavy atom. The molecule has 1 unspecified atom stereocenters. The average molecular weight is 410 g/mol. The number of likely N-dealkylation sites (tertiary alicyclic amines) is 1. The lowest BCUT2D eigenvalue weighted by Gasteiger charge is -2.23. The van der Waals surface area contributed by atoms with E-state index in [2.05, 4.69) is 10.6 Å². The lowest BCUT2D eigenvalue weighted by atomic mass is 10.1. The van der Waals surface area contributed by atoms with Crippen LogP contribution in [-0.4, -0.2) is 46.6 Å². The molecule has 0 spiro atoms. The summed E-state index contributed by atoms with van der Waals surface area (Å²) in [5.41, 5.74) is 3.68. The highest BCUT2D eigenvalue weighted by Crippen LogP contribution is 2.15. The van der Waals surface area contributed by atoms with Crippen LogP contribution in [0.5, 0.6) is 5.75 Å². The smallest absolute Gasteiger partial charge is 0.203 e. The van der Waals surface area contributed by atoms with E-state index in [0.717, 1.165) is 29.9 Å². The molecule has 6 heteroatoms. The van der Waals surface area contributed by atoms with Gasteiger partial charge in [-0.05, 0) is 50.5 Å². The van der Waals surface area contributed by atoms with Crippen molar-refractivity contribution in [2.45, 2.75) is 45.4 Å². The quantitative estimate of drug-likeness (QED) is 0.531. The lowest BCUT2D eigenvalue weighted by molar-refractivity contribution is -0.905. The molecule has 6 nitrogen and oxygen atoms in total. The number of nitrogens with zero attached hydrogens (tertiary/aromatic N) is 2. The highest BCUT2D eigenvalue weighted by atomic mass is 16.5. The van der Waals surface area contributed by atoms with Crippen molar-refractivity contribution in [3.8, 4) is 5.75 Å². The average Bonchev–Trinajstić information content (AvgIpc) is 3.03. The van der Waals surface area contributed by atoms with E-state index in [-0.39, 0.29) is 6.61 Å². The van der Waals surface area contributed by atoms with Crippen molar-refractivity contribution in [1.29, 1.82) is 5.41 Å². The first-order valence-electron chi connectivity index (χ1n) is 11.1. The van der Waals surface area contributed by atoms with Gasteiger partial charge >= 0.3 is 0 Å². The van der Waals surface area contributed by atoms with Gasteiger partial charge in [-0.2, -0.15) is 0 Å². The number of ether oxygens (including phenoxy) is 1. The molecule has 0 aliphatic carbocycles. The number of fused-ring (bicyclic) bond motifs is 1. The number of nitrogens with one attached hydrogen (secondary N) is 2. The van der Waals surface area contributed by atoms with Crippen molar-refractivity contribution in [2.24, 2.45) is 0 Å². The number of piperidine rings is 1. The van der Waals surface area contributed by atoms with E-state index in [1.54, 1.807) is 4.90 Å². The number of hydrogen-bond donors (Lipinski definition) is 3. The zero-order chi connectivity index (χ0) is 20.9. The van der Waals surface area contributed by atoms with Crippen LogP contribution in [0.15, 0.2) is 48.5 Å². The minimum absolute atomic E-state index is 0.201. The first kappa shape index (κ1) is 20.7. The molecule has 2 heterocycles. The molecule has 0 saturated carbocycles. The molecule has 1 fully saturated rings. The van der Waals surface area contributed by atoms with Gasteiger partial charge in [-0.3, -0.25) is 5.41 Å². The summed E-state index contributed by atoms with van der Waals surface area (Å²) in [4.78, 5) is 1.64. The molecule has 0 bridgehead atoms. The molecule has 0 amide bonds. The molecule has 1 saturated heterocycles. The van der Waals surface area contributed by atoms with Crippen LogP contribution in [0.4, 0.5) is 0 Å². The molecule has 30 heavy (non-hydrogen) atoms. The van der Waals surface area contributed by atoms with Gasteiger partial charge in [0.2, 0.25) is 5.62 Å². The van der Waals surface area contributed by atoms with Gasteiger partial charge in [0.15, 0.2) is 0 Å². The van der Waals surface area contributed by atoms with Gasteiger partial charge in [0, 0.05) is 0 Å². The van der Waals surface area contributed by atoms with E-state index < -0.39 is 6.10 Å². The van der Waals surface area contributed by atoms with Gasteiger partial charge in [-0.15, -0.1) is 0 Å². The van der Waals surface area contributed by atoms with Crippen LogP contribution in [0.25, 0.3) is 11.0 Å². The number of imidazole rings is 1. The molecule has 3 N–H and O–H groups in total. The number of para-hydroxylation sites is 2. The normalized spacial score (nSPS) is 16.1. The van der Waals surface area contributed by atoms with Crippen LogP contribution in [-0.2, 0) is 13.1 Å². The molecular weight excluding hydrogens is 376 g/mol. The largest absolute Gasteiger partial charge is 0.491 e. The highest BCUT2D eigenvalue weighted by Gasteiger charge is 2.17. The Kier molecular flexibility index (Phi) is 6.55. The summed E-state index contributed by atoms with van der Waals surface area (Å²) in [6.07, 6.45) is 3.28. The fourth-order valence-electron chi connectivity index (χ4n) is 4.37. The van der Waals surface area contributed by atoms with E-state index in [0.29, 0.717) is 12.2 Å². The summed E-state index contributed by atoms with van der Waals surface area (Å²) < 4.78 is 9.74. The monoisotopic (exact) mass is 409 g/mol. The molecule has 4 rings (SSSR count). The third kappa shape index (κ3) is 4.77. The summed E-state index contributed by atoms with van der Waals surface area (Å²) in [5.74, 6) is 0.752. The maximum atomic E-state index is 10.6. The summed E-state index contributed by atoms with van der Waals surface area (Å²) in [6.45, 7) is 6.93. The fraction of sp³-hybridized carbons (Fsp3) is 0.458. The standard InChI is InChI=1S/C24H32N4O2/c1-19-9-11-21(12-10-19)30-18-20(29)17-28-23-8-4-3-7-22(23)27(24(28)25)16-15-26-13-5-2-6-14-26/h3-4,7-12,20,25,29H,2,5-6,13-18H2,1H3/p+1. The van der Waals surface area contributed by atoms with Crippen LogP contribution in [0.3, 0.4) is 0 Å². The van der Waals surface area contributed by atoms with Crippen molar-refractivity contribution >= 4 is 11.0 Å². The third-order valence-electron chi connectivity index (χ3n) is 6.08. The first-order chi connectivity index (χ1) is 14.6. The Morgan fingerprint density at radius 3 is 2.37 bits per heavy atom. The molecule has 3 aromatic rings. The number of aliphatic hydroxyl groups is 1. The van der Waals surface area contributed by atoms with Gasteiger partial charge < -0.3 is 23.9 Å². The van der Waals surface area contributed by atoms with Crippen LogP contribution in [0.2, 0.25) is 0 Å². The second-order valence-electron chi connectivity index (χ2n) is 8.41. The predicted octanol–water partition coefficient (Wildman–Crippen LogP) is 1.74. The number of aliphatic hydroxyl groups excluding tert-OH is 1. The number of hydrogen-bond acceptors (Lipinski definition) is 3. The fourth-order valence-corrected chi connectivity index (χ4v) is 4.37. The van der Waals surface area contributed by atoms with Crippen molar-refractivity contribution in [2.75, 3.05) is 26.2 Å². The van der Waals surface area contributed by atoms with E-state index in [9.17, 15) is 5.11 Å². The molecule has 0 radical (unpaired) electrons. The van der Waals surface area contributed by atoms with E-state index in [4.69, 9.17) is 10.1 Å².